The molecule has 0 radical (unpaired) electrons. The van der Waals surface area contributed by atoms with Gasteiger partial charge < -0.3 is 9.47 Å². The minimum absolute atomic E-state index is 0.0419. The topological polar surface area (TPSA) is 66.0 Å². The Bertz CT molecular complexity index is 667. The summed E-state index contributed by atoms with van der Waals surface area (Å²) in [4.78, 5) is 0. The van der Waals surface area contributed by atoms with Crippen LogP contribution < -0.4 is 9.47 Å². The molecule has 2 fully saturated rings. The molecule has 0 spiro atoms. The monoisotopic (exact) mass is 324 g/mol. The van der Waals surface area contributed by atoms with E-state index in [0.717, 1.165) is 43.4 Å². The van der Waals surface area contributed by atoms with E-state index in [0.29, 0.717) is 12.2 Å². The van der Waals surface area contributed by atoms with Crippen molar-refractivity contribution < 1.29 is 9.47 Å². The summed E-state index contributed by atoms with van der Waals surface area (Å²) in [5, 5.41) is 19.2. The molecule has 0 unspecified atom stereocenters. The van der Waals surface area contributed by atoms with Crippen molar-refractivity contribution in [2.24, 2.45) is 5.92 Å². The molecule has 4 nitrogen and oxygen atoms in total. The van der Waals surface area contributed by atoms with E-state index in [-0.39, 0.29) is 12.0 Å². The van der Waals surface area contributed by atoms with Gasteiger partial charge in [0.05, 0.1) is 30.8 Å². The summed E-state index contributed by atoms with van der Waals surface area (Å²) in [6.07, 6.45) is 8.02. The fraction of sp³-hybridized carbons (Fsp3) is 0.600. The summed E-state index contributed by atoms with van der Waals surface area (Å²) in [6.45, 7) is 0. The van der Waals surface area contributed by atoms with Crippen molar-refractivity contribution in [3.63, 3.8) is 0 Å². The van der Waals surface area contributed by atoms with Gasteiger partial charge in [-0.2, -0.15) is 10.5 Å². The first-order chi connectivity index (χ1) is 11.7. The van der Waals surface area contributed by atoms with E-state index >= 15 is 0 Å². The Morgan fingerprint density at radius 2 is 1.88 bits per heavy atom. The third-order valence-electron chi connectivity index (χ3n) is 5.46. The van der Waals surface area contributed by atoms with Crippen molar-refractivity contribution in [3.05, 3.63) is 23.8 Å². The van der Waals surface area contributed by atoms with Gasteiger partial charge in [0.25, 0.3) is 0 Å². The molecule has 3 rings (SSSR count). The molecule has 1 aromatic carbocycles. The van der Waals surface area contributed by atoms with Gasteiger partial charge in [0.1, 0.15) is 0 Å². The van der Waals surface area contributed by atoms with Gasteiger partial charge in [0.15, 0.2) is 11.5 Å². The van der Waals surface area contributed by atoms with Crippen LogP contribution in [0.25, 0.3) is 0 Å². The van der Waals surface area contributed by atoms with E-state index < -0.39 is 5.41 Å². The van der Waals surface area contributed by atoms with Crippen molar-refractivity contribution in [3.8, 4) is 23.6 Å². The number of nitrogens with zero attached hydrogens (tertiary/aromatic N) is 2. The lowest BCUT2D eigenvalue weighted by atomic mass is 9.67. The number of ether oxygens (including phenoxy) is 2. The van der Waals surface area contributed by atoms with Crippen LogP contribution in [0.4, 0.5) is 0 Å². The standard InChI is InChI=1S/C20H24N2O2/c1-23-18-9-8-16(11-19(18)24-17-6-2-3-7-17)20(14-22)10-4-5-15(12-20)13-21/h8-9,11,15,17H,2-7,10,12H2,1H3/t15-,20+/m1/s1. The molecular formula is C20H24N2O2. The molecule has 2 aliphatic carbocycles. The first kappa shape index (κ1) is 16.7. The van der Waals surface area contributed by atoms with Gasteiger partial charge in [-0.3, -0.25) is 0 Å². The molecule has 0 amide bonds. The normalized spacial score (nSPS) is 27.2. The molecule has 0 heterocycles. The number of rotatable bonds is 4. The van der Waals surface area contributed by atoms with Gasteiger partial charge in [0.2, 0.25) is 0 Å². The first-order valence-electron chi connectivity index (χ1n) is 8.87. The SMILES string of the molecule is COc1ccc([C@@]2(C#N)CCC[C@@H](C#N)C2)cc1OC1CCCC1. The van der Waals surface area contributed by atoms with Crippen LogP contribution in [0.5, 0.6) is 11.5 Å². The van der Waals surface area contributed by atoms with Crippen LogP contribution in [-0.2, 0) is 5.41 Å². The predicted octanol–water partition coefficient (Wildman–Crippen LogP) is 4.49. The van der Waals surface area contributed by atoms with Gasteiger partial charge in [-0.1, -0.05) is 12.5 Å². The maximum absolute atomic E-state index is 9.88. The summed E-state index contributed by atoms with van der Waals surface area (Å²) in [6, 6.07) is 10.7. The van der Waals surface area contributed by atoms with Crippen LogP contribution in [0.15, 0.2) is 18.2 Å². The molecule has 2 atom stereocenters. The van der Waals surface area contributed by atoms with Crippen molar-refractivity contribution >= 4 is 0 Å². The molecule has 24 heavy (non-hydrogen) atoms. The lowest BCUT2D eigenvalue weighted by Crippen LogP contribution is -2.31. The first-order valence-corrected chi connectivity index (χ1v) is 8.87. The van der Waals surface area contributed by atoms with E-state index in [4.69, 9.17) is 9.47 Å². The molecule has 0 bridgehead atoms. The summed E-state index contributed by atoms with van der Waals surface area (Å²) in [7, 11) is 1.64. The van der Waals surface area contributed by atoms with E-state index in [1.54, 1.807) is 7.11 Å². The second-order valence-electron chi connectivity index (χ2n) is 7.01. The number of methoxy groups -OCH3 is 1. The molecular weight excluding hydrogens is 300 g/mol. The van der Waals surface area contributed by atoms with Crippen molar-refractivity contribution in [1.82, 2.24) is 0 Å². The summed E-state index contributed by atoms with van der Waals surface area (Å²) in [5.41, 5.74) is 0.373. The molecule has 0 aliphatic heterocycles. The molecule has 4 heteroatoms. The van der Waals surface area contributed by atoms with Gasteiger partial charge in [-0.15, -0.1) is 0 Å². The molecule has 0 aromatic heterocycles. The van der Waals surface area contributed by atoms with Crippen molar-refractivity contribution in [1.29, 1.82) is 10.5 Å². The van der Waals surface area contributed by atoms with Crippen molar-refractivity contribution in [2.75, 3.05) is 7.11 Å². The molecule has 1 aromatic rings. The van der Waals surface area contributed by atoms with Crippen LogP contribution in [0, 0.1) is 28.6 Å². The number of hydrogen-bond acceptors (Lipinski definition) is 4. The van der Waals surface area contributed by atoms with E-state index in [1.807, 2.05) is 18.2 Å². The van der Waals surface area contributed by atoms with E-state index in [2.05, 4.69) is 12.1 Å². The zero-order chi connectivity index (χ0) is 17.0. The van der Waals surface area contributed by atoms with Crippen LogP contribution in [0.2, 0.25) is 0 Å². The minimum Gasteiger partial charge on any atom is -0.493 e. The van der Waals surface area contributed by atoms with E-state index in [1.165, 1.54) is 12.8 Å². The quantitative estimate of drug-likeness (QED) is 0.818. The van der Waals surface area contributed by atoms with Crippen LogP contribution in [-0.4, -0.2) is 13.2 Å². The van der Waals surface area contributed by atoms with Gasteiger partial charge >= 0.3 is 0 Å². The molecule has 0 N–H and O–H groups in total. The third kappa shape index (κ3) is 3.20. The molecule has 2 aliphatic rings. The molecule has 126 valence electrons. The van der Waals surface area contributed by atoms with Crippen molar-refractivity contribution in [2.45, 2.75) is 62.9 Å². The smallest absolute Gasteiger partial charge is 0.161 e. The highest BCUT2D eigenvalue weighted by atomic mass is 16.5. The lowest BCUT2D eigenvalue weighted by Gasteiger charge is -2.34. The van der Waals surface area contributed by atoms with Gasteiger partial charge in [-0.25, -0.2) is 0 Å². The average molecular weight is 324 g/mol. The van der Waals surface area contributed by atoms with Crippen LogP contribution in [0.3, 0.4) is 0 Å². The Morgan fingerprint density at radius 1 is 1.08 bits per heavy atom. The Kier molecular flexibility index (Phi) is 4.95. The van der Waals surface area contributed by atoms with Gasteiger partial charge in [0, 0.05) is 5.92 Å². The molecule has 0 saturated heterocycles. The van der Waals surface area contributed by atoms with Gasteiger partial charge in [-0.05, 0) is 62.6 Å². The highest BCUT2D eigenvalue weighted by molar-refractivity contribution is 5.47. The Morgan fingerprint density at radius 3 is 2.54 bits per heavy atom. The third-order valence-corrected chi connectivity index (χ3v) is 5.46. The fourth-order valence-corrected chi connectivity index (χ4v) is 4.07. The Labute approximate surface area is 144 Å². The zero-order valence-electron chi connectivity index (χ0n) is 14.3. The summed E-state index contributed by atoms with van der Waals surface area (Å²) >= 11 is 0. The second-order valence-corrected chi connectivity index (χ2v) is 7.01. The maximum Gasteiger partial charge on any atom is 0.161 e. The maximum atomic E-state index is 9.88. The highest BCUT2D eigenvalue weighted by Crippen LogP contribution is 2.44. The summed E-state index contributed by atoms with van der Waals surface area (Å²) < 4.78 is 11.6. The van der Waals surface area contributed by atoms with Crippen LogP contribution >= 0.6 is 0 Å². The lowest BCUT2D eigenvalue weighted by molar-refractivity contribution is 0.200. The predicted molar refractivity (Wildman–Crippen MR) is 90.7 cm³/mol. The Hall–Kier alpha value is -2.20. The largest absolute Gasteiger partial charge is 0.493 e. The minimum atomic E-state index is -0.585. The van der Waals surface area contributed by atoms with Crippen LogP contribution in [0.1, 0.15) is 56.9 Å². The number of benzene rings is 1. The fourth-order valence-electron chi connectivity index (χ4n) is 4.07. The number of nitriles is 2. The number of hydrogen-bond donors (Lipinski definition) is 0. The molecule has 2 saturated carbocycles. The highest BCUT2D eigenvalue weighted by Gasteiger charge is 2.39. The van der Waals surface area contributed by atoms with E-state index in [9.17, 15) is 10.5 Å². The average Bonchev–Trinajstić information content (AvgIpc) is 3.14. The second kappa shape index (κ2) is 7.14. The Balaban J connectivity index is 1.92. The summed E-state index contributed by atoms with van der Waals surface area (Å²) in [5.74, 6) is 1.40. The zero-order valence-corrected chi connectivity index (χ0v) is 14.3.